The topological polar surface area (TPSA) is 162 Å². The molecule has 0 saturated carbocycles. The van der Waals surface area contributed by atoms with Crippen LogP contribution in [0.25, 0.3) is 11.1 Å². The number of benzene rings is 3. The molecule has 3 rings (SSSR count). The van der Waals surface area contributed by atoms with Gasteiger partial charge in [0.05, 0.1) is 11.1 Å². The van der Waals surface area contributed by atoms with E-state index in [0.29, 0.717) is 16.7 Å². The quantitative estimate of drug-likeness (QED) is 0.153. The van der Waals surface area contributed by atoms with E-state index >= 15 is 0 Å². The van der Waals surface area contributed by atoms with Crippen LogP contribution in [0.2, 0.25) is 5.02 Å². The van der Waals surface area contributed by atoms with Crippen molar-refractivity contribution in [3.05, 3.63) is 94.0 Å². The normalized spacial score (nSPS) is 12.3. The van der Waals surface area contributed by atoms with Gasteiger partial charge in [-0.15, -0.1) is 0 Å². The molecule has 0 unspecified atom stereocenters. The maximum Gasteiger partial charge on any atom is 0.336 e. The number of carboxylic acid groups (broad SMARTS) is 2. The summed E-state index contributed by atoms with van der Waals surface area (Å²) in [5.74, 6) is -4.90. The third kappa shape index (κ3) is 9.83. The van der Waals surface area contributed by atoms with Crippen molar-refractivity contribution in [1.82, 2.24) is 16.0 Å². The minimum atomic E-state index is -2.94. The molecule has 0 saturated heterocycles. The summed E-state index contributed by atoms with van der Waals surface area (Å²) in [7, 11) is 0. The first-order valence-electron chi connectivity index (χ1n) is 14.4. The molecule has 0 heterocycles. The molecule has 3 aromatic carbocycles. The highest BCUT2D eigenvalue weighted by Crippen LogP contribution is 2.27. The van der Waals surface area contributed by atoms with Crippen molar-refractivity contribution in [2.75, 3.05) is 6.54 Å². The van der Waals surface area contributed by atoms with Crippen molar-refractivity contribution in [2.24, 2.45) is 5.92 Å². The van der Waals surface area contributed by atoms with Gasteiger partial charge in [-0.1, -0.05) is 67.9 Å². The van der Waals surface area contributed by atoms with Crippen molar-refractivity contribution in [3.63, 3.8) is 0 Å². The van der Waals surface area contributed by atoms with E-state index in [1.54, 1.807) is 50.2 Å². The van der Waals surface area contributed by atoms with Gasteiger partial charge in [0.2, 0.25) is 18.2 Å². The van der Waals surface area contributed by atoms with E-state index in [9.17, 15) is 37.9 Å². The van der Waals surface area contributed by atoms with Crippen LogP contribution in [0.15, 0.2) is 66.7 Å². The molecule has 46 heavy (non-hydrogen) atoms. The smallest absolute Gasteiger partial charge is 0.336 e. The standard InChI is InChI=1S/C33H34ClF2N3O7/c1-18(2)15-26(38-29(40)23-9-5-3-7-21(23)22-8-4-6-10-24(22)33(45)46)31(42)39-27(17-28(35)36)30(41)37-14-13-19-11-12-20(32(43)44)16-25(19)34/h3-12,16,18,26-28H,13-15,17H2,1-2H3,(H,37,41)(H,38,40)(H,39,42)(H,43,44)(H,45,46)/t26-,27-/m0/s1. The van der Waals surface area contributed by atoms with E-state index in [-0.39, 0.29) is 47.0 Å². The fourth-order valence-electron chi connectivity index (χ4n) is 4.77. The lowest BCUT2D eigenvalue weighted by Crippen LogP contribution is -2.54. The largest absolute Gasteiger partial charge is 0.478 e. The molecule has 0 aliphatic rings. The monoisotopic (exact) mass is 657 g/mol. The molecule has 13 heteroatoms. The van der Waals surface area contributed by atoms with Crippen LogP contribution >= 0.6 is 11.6 Å². The predicted octanol–water partition coefficient (Wildman–Crippen LogP) is 5.05. The van der Waals surface area contributed by atoms with Gasteiger partial charge in [0.1, 0.15) is 12.1 Å². The van der Waals surface area contributed by atoms with Crippen LogP contribution in [-0.2, 0) is 16.0 Å². The van der Waals surface area contributed by atoms with Gasteiger partial charge in [0, 0.05) is 23.6 Å². The summed E-state index contributed by atoms with van der Waals surface area (Å²) in [5, 5.41) is 26.4. The van der Waals surface area contributed by atoms with Gasteiger partial charge >= 0.3 is 11.9 Å². The summed E-state index contributed by atoms with van der Waals surface area (Å²) < 4.78 is 26.9. The van der Waals surface area contributed by atoms with Crippen molar-refractivity contribution < 1.29 is 43.0 Å². The second-order valence-electron chi connectivity index (χ2n) is 10.9. The number of rotatable bonds is 15. The average Bonchev–Trinajstić information content (AvgIpc) is 3.00. The number of carboxylic acids is 2. The highest BCUT2D eigenvalue weighted by Gasteiger charge is 2.30. The van der Waals surface area contributed by atoms with Gasteiger partial charge < -0.3 is 26.2 Å². The molecule has 2 atom stereocenters. The van der Waals surface area contributed by atoms with E-state index in [4.69, 9.17) is 16.7 Å². The number of amides is 3. The fourth-order valence-corrected chi connectivity index (χ4v) is 5.04. The molecule has 0 bridgehead atoms. The van der Waals surface area contributed by atoms with Crippen LogP contribution in [0.4, 0.5) is 8.78 Å². The first kappa shape index (κ1) is 35.6. The van der Waals surface area contributed by atoms with Crippen LogP contribution in [0.3, 0.4) is 0 Å². The van der Waals surface area contributed by atoms with E-state index in [1.165, 1.54) is 30.3 Å². The lowest BCUT2D eigenvalue weighted by atomic mass is 9.94. The SMILES string of the molecule is CC(C)C[C@H](NC(=O)c1ccccc1-c1ccccc1C(=O)O)C(=O)N[C@@H](CC(F)F)C(=O)NCCc1ccc(C(=O)O)cc1Cl. The third-order valence-corrected chi connectivity index (χ3v) is 7.34. The summed E-state index contributed by atoms with van der Waals surface area (Å²) in [6, 6.07) is 13.6. The van der Waals surface area contributed by atoms with Crippen molar-refractivity contribution in [1.29, 1.82) is 0 Å². The van der Waals surface area contributed by atoms with E-state index in [1.807, 2.05) is 0 Å². The van der Waals surface area contributed by atoms with E-state index in [0.717, 1.165) is 0 Å². The summed E-state index contributed by atoms with van der Waals surface area (Å²) in [5.41, 5.74) is 1.17. The summed E-state index contributed by atoms with van der Waals surface area (Å²) in [6.07, 6.45) is -3.65. The second-order valence-corrected chi connectivity index (χ2v) is 11.3. The maximum absolute atomic E-state index is 13.5. The Bertz CT molecular complexity index is 1600. The molecule has 10 nitrogen and oxygen atoms in total. The Morgan fingerprint density at radius 2 is 1.35 bits per heavy atom. The van der Waals surface area contributed by atoms with Crippen LogP contribution in [-0.4, -0.2) is 64.9 Å². The number of hydrogen-bond acceptors (Lipinski definition) is 5. The van der Waals surface area contributed by atoms with Gasteiger partial charge in [-0.2, -0.15) is 0 Å². The highest BCUT2D eigenvalue weighted by atomic mass is 35.5. The van der Waals surface area contributed by atoms with Gasteiger partial charge in [-0.25, -0.2) is 18.4 Å². The van der Waals surface area contributed by atoms with Crippen LogP contribution in [0, 0.1) is 5.92 Å². The number of nitrogens with one attached hydrogen (secondary N) is 3. The molecule has 3 amide bonds. The van der Waals surface area contributed by atoms with Crippen molar-refractivity contribution >= 4 is 41.3 Å². The average molecular weight is 658 g/mol. The van der Waals surface area contributed by atoms with Crippen LogP contribution in [0.5, 0.6) is 0 Å². The zero-order valence-electron chi connectivity index (χ0n) is 25.1. The Kier molecular flexibility index (Phi) is 12.8. The maximum atomic E-state index is 13.5. The van der Waals surface area contributed by atoms with Crippen LogP contribution in [0.1, 0.15) is 63.3 Å². The Balaban J connectivity index is 1.76. The number of carbonyl (C=O) groups is 5. The van der Waals surface area contributed by atoms with E-state index < -0.39 is 54.6 Å². The number of carbonyl (C=O) groups excluding carboxylic acids is 3. The molecule has 0 aliphatic carbocycles. The minimum absolute atomic E-state index is 0.0193. The third-order valence-electron chi connectivity index (χ3n) is 6.99. The molecule has 244 valence electrons. The summed E-state index contributed by atoms with van der Waals surface area (Å²) >= 11 is 6.12. The van der Waals surface area contributed by atoms with Gasteiger partial charge in [0.25, 0.3) is 5.91 Å². The lowest BCUT2D eigenvalue weighted by molar-refractivity contribution is -0.131. The van der Waals surface area contributed by atoms with E-state index in [2.05, 4.69) is 16.0 Å². The van der Waals surface area contributed by atoms with Crippen molar-refractivity contribution in [3.8, 4) is 11.1 Å². The van der Waals surface area contributed by atoms with Gasteiger partial charge in [-0.3, -0.25) is 14.4 Å². The second kappa shape index (κ2) is 16.5. The zero-order valence-corrected chi connectivity index (χ0v) is 25.8. The first-order chi connectivity index (χ1) is 21.8. The number of alkyl halides is 2. The Labute approximate surface area is 269 Å². The van der Waals surface area contributed by atoms with Gasteiger partial charge in [0.15, 0.2) is 0 Å². The molecule has 0 aliphatic heterocycles. The first-order valence-corrected chi connectivity index (χ1v) is 14.8. The van der Waals surface area contributed by atoms with Crippen LogP contribution < -0.4 is 16.0 Å². The van der Waals surface area contributed by atoms with Gasteiger partial charge in [-0.05, 0) is 59.7 Å². The molecular weight excluding hydrogens is 624 g/mol. The Morgan fingerprint density at radius 1 is 0.761 bits per heavy atom. The minimum Gasteiger partial charge on any atom is -0.478 e. The fraction of sp³-hybridized carbons (Fsp3) is 0.303. The molecule has 0 fully saturated rings. The molecule has 0 radical (unpaired) electrons. The highest BCUT2D eigenvalue weighted by molar-refractivity contribution is 6.31. The van der Waals surface area contributed by atoms with Crippen molar-refractivity contribution in [2.45, 2.75) is 51.6 Å². The molecular formula is C33H34ClF2N3O7. The summed E-state index contributed by atoms with van der Waals surface area (Å²) in [6.45, 7) is 3.54. The molecule has 3 aromatic rings. The lowest BCUT2D eigenvalue weighted by Gasteiger charge is -2.24. The zero-order chi connectivity index (χ0) is 34.0. The Morgan fingerprint density at radius 3 is 1.91 bits per heavy atom. The molecule has 5 N–H and O–H groups in total. The molecule has 0 spiro atoms. The summed E-state index contributed by atoms with van der Waals surface area (Å²) in [4.78, 5) is 62.7. The number of hydrogen-bond donors (Lipinski definition) is 5. The number of aromatic carboxylic acids is 2. The predicted molar refractivity (Wildman–Crippen MR) is 167 cm³/mol. The molecule has 0 aromatic heterocycles. The number of halogens is 3. The Hall–Kier alpha value is -4.84.